The topological polar surface area (TPSA) is 60.7 Å². The zero-order chi connectivity index (χ0) is 31.4. The highest BCUT2D eigenvalue weighted by Crippen LogP contribution is 2.45. The highest BCUT2D eigenvalue weighted by Gasteiger charge is 2.18. The second-order valence-corrected chi connectivity index (χ2v) is 13.8. The first-order chi connectivity index (χ1) is 21.2. The Balaban J connectivity index is 1.70. The Morgan fingerprint density at radius 1 is 0.455 bits per heavy atom. The van der Waals surface area contributed by atoms with E-state index in [0.717, 1.165) is 95.3 Å². The summed E-state index contributed by atoms with van der Waals surface area (Å²) in [7, 11) is 0. The van der Waals surface area contributed by atoms with Gasteiger partial charge in [-0.05, 0) is 146 Å². The Hall–Kier alpha value is -3.80. The zero-order valence-corrected chi connectivity index (χ0v) is 27.7. The van der Waals surface area contributed by atoms with Gasteiger partial charge in [0.05, 0.1) is 0 Å². The van der Waals surface area contributed by atoms with E-state index >= 15 is 0 Å². The molecule has 0 amide bonds. The lowest BCUT2D eigenvalue weighted by atomic mass is 9.91. The van der Waals surface area contributed by atoms with E-state index in [1.807, 2.05) is 50.2 Å². The van der Waals surface area contributed by atoms with Crippen molar-refractivity contribution < 1.29 is 15.3 Å². The van der Waals surface area contributed by atoms with Crippen molar-refractivity contribution in [2.45, 2.75) is 57.3 Å². The summed E-state index contributed by atoms with van der Waals surface area (Å²) in [5.41, 5.74) is 9.87. The second kappa shape index (κ2) is 13.9. The van der Waals surface area contributed by atoms with E-state index in [1.54, 1.807) is 35.7 Å². The van der Waals surface area contributed by atoms with Gasteiger partial charge in [-0.15, -0.1) is 23.5 Å². The summed E-state index contributed by atoms with van der Waals surface area (Å²) < 4.78 is 0. The Bertz CT molecular complexity index is 1680. The quantitative estimate of drug-likeness (QED) is 0.136. The third kappa shape index (κ3) is 7.11. The van der Waals surface area contributed by atoms with E-state index in [-0.39, 0.29) is 17.2 Å². The molecule has 0 aliphatic heterocycles. The lowest BCUT2D eigenvalue weighted by Gasteiger charge is -2.17. The number of hydrogen-bond acceptors (Lipinski definition) is 5. The predicted octanol–water partition coefficient (Wildman–Crippen LogP) is 11.4. The Morgan fingerprint density at radius 2 is 0.818 bits per heavy atom. The first kappa shape index (κ1) is 31.6. The number of aryl methyl sites for hydroxylation is 3. The normalized spacial score (nSPS) is 11.2. The van der Waals surface area contributed by atoms with Crippen LogP contribution >= 0.6 is 23.5 Å². The van der Waals surface area contributed by atoms with Crippen molar-refractivity contribution >= 4 is 23.5 Å². The van der Waals surface area contributed by atoms with Crippen LogP contribution in [0.25, 0.3) is 44.5 Å². The summed E-state index contributed by atoms with van der Waals surface area (Å²) in [5.74, 6) is 2.64. The van der Waals surface area contributed by atoms with Crippen molar-refractivity contribution in [2.24, 2.45) is 0 Å². The molecule has 3 nitrogen and oxygen atoms in total. The van der Waals surface area contributed by atoms with Gasteiger partial charge in [-0.25, -0.2) is 0 Å². The van der Waals surface area contributed by atoms with Gasteiger partial charge in [-0.3, -0.25) is 0 Å². The third-order valence-corrected chi connectivity index (χ3v) is 9.92. The fourth-order valence-corrected chi connectivity index (χ4v) is 7.13. The molecule has 44 heavy (non-hydrogen) atoms. The number of aromatic hydroxyl groups is 3. The lowest BCUT2D eigenvalue weighted by Crippen LogP contribution is -1.91. The van der Waals surface area contributed by atoms with Gasteiger partial charge in [0.2, 0.25) is 0 Å². The Labute approximate surface area is 270 Å². The second-order valence-electron chi connectivity index (χ2n) is 11.4. The fourth-order valence-electron chi connectivity index (χ4n) is 5.41. The van der Waals surface area contributed by atoms with Crippen LogP contribution in [0.15, 0.2) is 94.7 Å². The molecular weight excluding hydrogens is 581 g/mol. The summed E-state index contributed by atoms with van der Waals surface area (Å²) >= 11 is 3.56. The van der Waals surface area contributed by atoms with E-state index in [0.29, 0.717) is 0 Å². The number of phenols is 3. The van der Waals surface area contributed by atoms with E-state index < -0.39 is 0 Å². The number of hydrogen-bond donors (Lipinski definition) is 3. The van der Waals surface area contributed by atoms with E-state index in [1.165, 1.54) is 0 Å². The molecular formula is C39H40O3S2. The van der Waals surface area contributed by atoms with Gasteiger partial charge in [-0.2, -0.15) is 0 Å². The van der Waals surface area contributed by atoms with E-state index in [4.69, 9.17) is 0 Å². The van der Waals surface area contributed by atoms with Crippen LogP contribution in [0.1, 0.15) is 43.4 Å². The molecule has 0 radical (unpaired) electrons. The minimum atomic E-state index is 0.213. The molecule has 0 atom stereocenters. The minimum Gasteiger partial charge on any atom is -0.507 e. The molecule has 5 aromatic carbocycles. The van der Waals surface area contributed by atoms with Gasteiger partial charge in [0.25, 0.3) is 0 Å². The molecule has 226 valence electrons. The number of phenolic OH excluding ortho intramolecular Hbond substituents is 3. The first-order valence-electron chi connectivity index (χ1n) is 15.2. The van der Waals surface area contributed by atoms with Crippen LogP contribution < -0.4 is 0 Å². The van der Waals surface area contributed by atoms with Gasteiger partial charge in [0.15, 0.2) is 0 Å². The maximum atomic E-state index is 12.0. The molecule has 0 unspecified atom stereocenters. The molecule has 3 N–H and O–H groups in total. The van der Waals surface area contributed by atoms with Gasteiger partial charge in [0, 0.05) is 32.0 Å². The average molecular weight is 621 g/mol. The van der Waals surface area contributed by atoms with Crippen LogP contribution in [0.3, 0.4) is 0 Å². The van der Waals surface area contributed by atoms with Crippen LogP contribution in [-0.2, 0) is 0 Å². The number of thioether (sulfide) groups is 2. The highest BCUT2D eigenvalue weighted by molar-refractivity contribution is 7.99. The summed E-state index contributed by atoms with van der Waals surface area (Å²) in [5, 5.41) is 33.5. The van der Waals surface area contributed by atoms with Crippen LogP contribution in [0.5, 0.6) is 17.2 Å². The van der Waals surface area contributed by atoms with E-state index in [2.05, 4.69) is 57.2 Å². The molecule has 0 saturated heterocycles. The minimum absolute atomic E-state index is 0.213. The summed E-state index contributed by atoms with van der Waals surface area (Å²) in [6.45, 7) is 10.4. The number of benzene rings is 5. The molecule has 5 heteroatoms. The van der Waals surface area contributed by atoms with Crippen LogP contribution in [0.2, 0.25) is 0 Å². The van der Waals surface area contributed by atoms with Crippen molar-refractivity contribution in [3.8, 4) is 61.8 Å². The molecule has 0 aliphatic rings. The monoisotopic (exact) mass is 620 g/mol. The smallest absolute Gasteiger partial charge is 0.131 e. The zero-order valence-electron chi connectivity index (χ0n) is 26.1. The highest BCUT2D eigenvalue weighted by atomic mass is 32.2. The number of rotatable bonds is 10. The van der Waals surface area contributed by atoms with Crippen LogP contribution in [0.4, 0.5) is 0 Å². The lowest BCUT2D eigenvalue weighted by molar-refractivity contribution is 0.476. The molecule has 0 aromatic heterocycles. The first-order valence-corrected chi connectivity index (χ1v) is 17.1. The standard InChI is InChI=1S/C39H40O3S2/c1-6-12-43-31-20-27(33-14-24(3)8-10-37(33)40)18-29(22-31)35-16-26(5)17-36(39(35)42)30-19-28(21-32(23-30)44-13-7-2)34-15-25(4)9-11-38(34)41/h8-11,14-23,40-42H,6-7,12-13H2,1-5H3. The molecule has 0 saturated carbocycles. The molecule has 0 aliphatic carbocycles. The molecule has 5 rings (SSSR count). The maximum Gasteiger partial charge on any atom is 0.131 e. The Morgan fingerprint density at radius 3 is 1.20 bits per heavy atom. The summed E-state index contributed by atoms with van der Waals surface area (Å²) in [4.78, 5) is 2.19. The molecule has 0 spiro atoms. The van der Waals surface area contributed by atoms with Gasteiger partial charge >= 0.3 is 0 Å². The van der Waals surface area contributed by atoms with Crippen molar-refractivity contribution in [3.63, 3.8) is 0 Å². The van der Waals surface area contributed by atoms with Gasteiger partial charge < -0.3 is 15.3 Å². The molecule has 0 bridgehead atoms. The van der Waals surface area contributed by atoms with Crippen molar-refractivity contribution in [1.29, 1.82) is 0 Å². The van der Waals surface area contributed by atoms with Gasteiger partial charge in [0.1, 0.15) is 17.2 Å². The predicted molar refractivity (Wildman–Crippen MR) is 189 cm³/mol. The summed E-state index contributed by atoms with van der Waals surface area (Å²) in [6, 6.07) is 28.0. The van der Waals surface area contributed by atoms with Crippen LogP contribution in [-0.4, -0.2) is 26.8 Å². The molecule has 0 heterocycles. The third-order valence-electron chi connectivity index (χ3n) is 7.56. The van der Waals surface area contributed by atoms with Crippen LogP contribution in [0, 0.1) is 20.8 Å². The fraction of sp³-hybridized carbons (Fsp3) is 0.231. The average Bonchev–Trinajstić information content (AvgIpc) is 3.01. The van der Waals surface area contributed by atoms with Crippen molar-refractivity contribution in [2.75, 3.05) is 11.5 Å². The van der Waals surface area contributed by atoms with Gasteiger partial charge in [-0.1, -0.05) is 37.1 Å². The Kier molecular flexibility index (Phi) is 9.97. The largest absolute Gasteiger partial charge is 0.507 e. The summed E-state index contributed by atoms with van der Waals surface area (Å²) in [6.07, 6.45) is 2.09. The van der Waals surface area contributed by atoms with E-state index in [9.17, 15) is 15.3 Å². The maximum absolute atomic E-state index is 12.0. The van der Waals surface area contributed by atoms with Crippen molar-refractivity contribution in [1.82, 2.24) is 0 Å². The molecule has 0 fully saturated rings. The van der Waals surface area contributed by atoms with Crippen molar-refractivity contribution in [3.05, 3.63) is 102 Å². The SMILES string of the molecule is CCCSc1cc(-c2cc(C)ccc2O)cc(-c2cc(C)cc(-c3cc(SCCC)cc(-c4cc(C)ccc4O)c3)c2O)c1. The molecule has 5 aromatic rings.